The van der Waals surface area contributed by atoms with Crippen molar-refractivity contribution < 1.29 is 4.74 Å². The van der Waals surface area contributed by atoms with Gasteiger partial charge in [-0.2, -0.15) is 0 Å². The van der Waals surface area contributed by atoms with Gasteiger partial charge in [0.25, 0.3) is 0 Å². The van der Waals surface area contributed by atoms with E-state index in [1.165, 1.54) is 16.8 Å². The van der Waals surface area contributed by atoms with Crippen molar-refractivity contribution in [1.29, 1.82) is 0 Å². The largest absolute Gasteiger partial charge is 0.383 e. The smallest absolute Gasteiger partial charge is 0.0661 e. The molecule has 1 rings (SSSR count). The molecule has 0 saturated heterocycles. The Hall–Kier alpha value is -1.02. The Kier molecular flexibility index (Phi) is 4.63. The van der Waals surface area contributed by atoms with Crippen LogP contribution in [0.15, 0.2) is 18.2 Å². The van der Waals surface area contributed by atoms with Crippen molar-refractivity contribution in [3.63, 3.8) is 0 Å². The molecular weight excluding hydrogens is 186 g/mol. The van der Waals surface area contributed by atoms with E-state index in [9.17, 15) is 0 Å². The molecule has 0 aliphatic heterocycles. The number of benzene rings is 1. The van der Waals surface area contributed by atoms with Crippen molar-refractivity contribution >= 4 is 5.69 Å². The summed E-state index contributed by atoms with van der Waals surface area (Å²) in [6, 6.07) is 6.76. The minimum absolute atomic E-state index is 0.348. The van der Waals surface area contributed by atoms with Gasteiger partial charge in [-0.3, -0.25) is 0 Å². The standard InChI is InChI=1S/C13H21NO/c1-5-12-7-6-8-13(11(12)3)14-10(2)9-15-4/h6-8,10,14H,5,9H2,1-4H3. The molecule has 0 saturated carbocycles. The Balaban J connectivity index is 2.76. The second-order valence-electron chi connectivity index (χ2n) is 3.94. The van der Waals surface area contributed by atoms with Crippen molar-refractivity contribution in [2.75, 3.05) is 19.0 Å². The van der Waals surface area contributed by atoms with Gasteiger partial charge in [0.2, 0.25) is 0 Å². The molecule has 0 aliphatic rings. The van der Waals surface area contributed by atoms with Crippen LogP contribution < -0.4 is 5.32 Å². The zero-order valence-corrected chi connectivity index (χ0v) is 10.1. The van der Waals surface area contributed by atoms with Crippen LogP contribution in [0.1, 0.15) is 25.0 Å². The van der Waals surface area contributed by atoms with Gasteiger partial charge in [0.1, 0.15) is 0 Å². The number of nitrogens with one attached hydrogen (secondary N) is 1. The fourth-order valence-electron chi connectivity index (χ4n) is 1.78. The van der Waals surface area contributed by atoms with Crippen LogP contribution in [-0.2, 0) is 11.2 Å². The van der Waals surface area contributed by atoms with Crippen molar-refractivity contribution in [3.05, 3.63) is 29.3 Å². The van der Waals surface area contributed by atoms with Gasteiger partial charge in [0, 0.05) is 18.8 Å². The van der Waals surface area contributed by atoms with Crippen LogP contribution in [-0.4, -0.2) is 19.8 Å². The lowest BCUT2D eigenvalue weighted by Gasteiger charge is -2.17. The second kappa shape index (κ2) is 5.76. The molecule has 84 valence electrons. The fourth-order valence-corrected chi connectivity index (χ4v) is 1.78. The third kappa shape index (κ3) is 3.24. The zero-order chi connectivity index (χ0) is 11.3. The molecule has 2 heteroatoms. The minimum atomic E-state index is 0.348. The molecule has 1 N–H and O–H groups in total. The lowest BCUT2D eigenvalue weighted by Crippen LogP contribution is -2.21. The summed E-state index contributed by atoms with van der Waals surface area (Å²) < 4.78 is 5.11. The number of hydrogen-bond donors (Lipinski definition) is 1. The Morgan fingerprint density at radius 2 is 2.13 bits per heavy atom. The normalized spacial score (nSPS) is 12.5. The summed E-state index contributed by atoms with van der Waals surface area (Å²) in [5, 5.41) is 3.46. The molecule has 0 amide bonds. The first-order chi connectivity index (χ1) is 7.19. The third-order valence-corrected chi connectivity index (χ3v) is 2.65. The van der Waals surface area contributed by atoms with Crippen molar-refractivity contribution in [2.24, 2.45) is 0 Å². The van der Waals surface area contributed by atoms with Crippen LogP contribution in [0.3, 0.4) is 0 Å². The summed E-state index contributed by atoms with van der Waals surface area (Å²) in [6.45, 7) is 7.21. The first-order valence-electron chi connectivity index (χ1n) is 5.53. The lowest BCUT2D eigenvalue weighted by atomic mass is 10.0. The number of hydrogen-bond acceptors (Lipinski definition) is 2. The molecule has 2 nitrogen and oxygen atoms in total. The molecule has 0 spiro atoms. The minimum Gasteiger partial charge on any atom is -0.383 e. The molecule has 15 heavy (non-hydrogen) atoms. The van der Waals surface area contributed by atoms with Gasteiger partial charge in [0.05, 0.1) is 6.61 Å². The predicted molar refractivity (Wildman–Crippen MR) is 65.5 cm³/mol. The molecule has 0 heterocycles. The highest BCUT2D eigenvalue weighted by Crippen LogP contribution is 2.19. The molecule has 0 aliphatic carbocycles. The van der Waals surface area contributed by atoms with E-state index < -0.39 is 0 Å². The highest BCUT2D eigenvalue weighted by Gasteiger charge is 2.05. The molecule has 0 fully saturated rings. The van der Waals surface area contributed by atoms with Crippen molar-refractivity contribution in [2.45, 2.75) is 33.2 Å². The number of rotatable bonds is 5. The highest BCUT2D eigenvalue weighted by molar-refractivity contribution is 5.54. The molecular formula is C13H21NO. The topological polar surface area (TPSA) is 21.3 Å². The Bertz CT molecular complexity index is 309. The van der Waals surface area contributed by atoms with Gasteiger partial charge in [-0.25, -0.2) is 0 Å². The highest BCUT2D eigenvalue weighted by atomic mass is 16.5. The van der Waals surface area contributed by atoms with Gasteiger partial charge in [-0.05, 0) is 37.5 Å². The zero-order valence-electron chi connectivity index (χ0n) is 10.1. The van der Waals surface area contributed by atoms with Crippen molar-refractivity contribution in [3.8, 4) is 0 Å². The van der Waals surface area contributed by atoms with E-state index in [1.54, 1.807) is 7.11 Å². The average Bonchev–Trinajstić information content (AvgIpc) is 2.21. The number of aryl methyl sites for hydroxylation is 1. The summed E-state index contributed by atoms with van der Waals surface area (Å²) in [5.74, 6) is 0. The second-order valence-corrected chi connectivity index (χ2v) is 3.94. The Labute approximate surface area is 92.6 Å². The summed E-state index contributed by atoms with van der Waals surface area (Å²) in [6.07, 6.45) is 1.08. The van der Waals surface area contributed by atoms with E-state index in [1.807, 2.05) is 0 Å². The van der Waals surface area contributed by atoms with Gasteiger partial charge in [-0.1, -0.05) is 19.1 Å². The third-order valence-electron chi connectivity index (χ3n) is 2.65. The first-order valence-corrected chi connectivity index (χ1v) is 5.53. The Morgan fingerprint density at radius 3 is 2.73 bits per heavy atom. The molecule has 0 bridgehead atoms. The van der Waals surface area contributed by atoms with Crippen LogP contribution in [0.25, 0.3) is 0 Å². The van der Waals surface area contributed by atoms with E-state index in [0.717, 1.165) is 13.0 Å². The van der Waals surface area contributed by atoms with E-state index in [2.05, 4.69) is 44.3 Å². The van der Waals surface area contributed by atoms with Crippen LogP contribution in [0.2, 0.25) is 0 Å². The lowest BCUT2D eigenvalue weighted by molar-refractivity contribution is 0.190. The quantitative estimate of drug-likeness (QED) is 0.801. The number of methoxy groups -OCH3 is 1. The van der Waals surface area contributed by atoms with E-state index >= 15 is 0 Å². The van der Waals surface area contributed by atoms with Gasteiger partial charge >= 0.3 is 0 Å². The fraction of sp³-hybridized carbons (Fsp3) is 0.538. The van der Waals surface area contributed by atoms with Crippen LogP contribution in [0.4, 0.5) is 5.69 Å². The predicted octanol–water partition coefficient (Wildman–Crippen LogP) is 3.00. The molecule has 0 aromatic heterocycles. The van der Waals surface area contributed by atoms with Gasteiger partial charge in [0.15, 0.2) is 0 Å². The maximum Gasteiger partial charge on any atom is 0.0661 e. The monoisotopic (exact) mass is 207 g/mol. The average molecular weight is 207 g/mol. The summed E-state index contributed by atoms with van der Waals surface area (Å²) in [7, 11) is 1.73. The van der Waals surface area contributed by atoms with Crippen LogP contribution in [0.5, 0.6) is 0 Å². The Morgan fingerprint density at radius 1 is 1.40 bits per heavy atom. The summed E-state index contributed by atoms with van der Waals surface area (Å²) >= 11 is 0. The number of anilines is 1. The number of ether oxygens (including phenoxy) is 1. The molecule has 1 atom stereocenters. The SMILES string of the molecule is CCc1cccc(NC(C)COC)c1C. The van der Waals surface area contributed by atoms with Crippen LogP contribution in [0, 0.1) is 6.92 Å². The van der Waals surface area contributed by atoms with Crippen LogP contribution >= 0.6 is 0 Å². The van der Waals surface area contributed by atoms with Gasteiger partial charge < -0.3 is 10.1 Å². The molecule has 1 aromatic carbocycles. The summed E-state index contributed by atoms with van der Waals surface area (Å²) in [5.41, 5.74) is 3.98. The maximum atomic E-state index is 5.11. The van der Waals surface area contributed by atoms with Gasteiger partial charge in [-0.15, -0.1) is 0 Å². The van der Waals surface area contributed by atoms with Crippen molar-refractivity contribution in [1.82, 2.24) is 0 Å². The first kappa shape index (κ1) is 12.1. The van der Waals surface area contributed by atoms with E-state index in [0.29, 0.717) is 6.04 Å². The van der Waals surface area contributed by atoms with E-state index in [-0.39, 0.29) is 0 Å². The summed E-state index contributed by atoms with van der Waals surface area (Å²) in [4.78, 5) is 0. The van der Waals surface area contributed by atoms with E-state index in [4.69, 9.17) is 4.74 Å². The maximum absolute atomic E-state index is 5.11. The molecule has 0 radical (unpaired) electrons. The molecule has 1 aromatic rings. The molecule has 1 unspecified atom stereocenters.